The first-order valence-corrected chi connectivity index (χ1v) is 6.23. The van der Waals surface area contributed by atoms with Crippen LogP contribution >= 0.6 is 23.2 Å². The average molecular weight is 283 g/mol. The molecule has 0 rings (SSSR count). The van der Waals surface area contributed by atoms with E-state index in [1.54, 1.807) is 0 Å². The predicted octanol–water partition coefficient (Wildman–Crippen LogP) is 2.62. The molecule has 0 heterocycles. The smallest absolute Gasteiger partial charge is 0.331 e. The van der Waals surface area contributed by atoms with Crippen molar-refractivity contribution in [1.29, 1.82) is 0 Å². The summed E-state index contributed by atoms with van der Waals surface area (Å²) in [6, 6.07) is 0. The Kier molecular flexibility index (Phi) is 9.96. The van der Waals surface area contributed by atoms with E-state index in [9.17, 15) is 9.59 Å². The van der Waals surface area contributed by atoms with Crippen molar-refractivity contribution in [2.75, 3.05) is 13.2 Å². The lowest BCUT2D eigenvalue weighted by Gasteiger charge is -2.01. The minimum atomic E-state index is -0.770. The van der Waals surface area contributed by atoms with Crippen LogP contribution in [0, 0.1) is 0 Å². The molecule has 98 valence electrons. The molecule has 0 fully saturated rings. The monoisotopic (exact) mass is 282 g/mol. The van der Waals surface area contributed by atoms with Crippen LogP contribution < -0.4 is 0 Å². The molecule has 0 radical (unpaired) electrons. The van der Waals surface area contributed by atoms with Crippen LogP contribution in [0.3, 0.4) is 0 Å². The molecule has 0 aromatic heterocycles. The second kappa shape index (κ2) is 10.4. The standard InChI is InChI=1S/C11H16Cl2O4/c1-2-3-4-7-16-10(14)5-6-11(15)17-8-9(12)13/h5-6,9H,2-4,7-8H2,1H3/b6-5+. The quantitative estimate of drug-likeness (QED) is 0.297. The second-order valence-corrected chi connectivity index (χ2v) is 4.51. The number of halogens is 2. The maximum atomic E-state index is 11.1. The van der Waals surface area contributed by atoms with E-state index in [4.69, 9.17) is 27.9 Å². The molecule has 6 heteroatoms. The molecular weight excluding hydrogens is 267 g/mol. The van der Waals surface area contributed by atoms with Crippen molar-refractivity contribution < 1.29 is 19.1 Å². The van der Waals surface area contributed by atoms with Crippen LogP contribution in [0.5, 0.6) is 0 Å². The van der Waals surface area contributed by atoms with E-state index in [1.165, 1.54) is 0 Å². The van der Waals surface area contributed by atoms with E-state index in [2.05, 4.69) is 11.7 Å². The van der Waals surface area contributed by atoms with Crippen molar-refractivity contribution in [1.82, 2.24) is 0 Å². The first kappa shape index (κ1) is 16.3. The molecule has 0 saturated heterocycles. The van der Waals surface area contributed by atoms with Gasteiger partial charge in [0.2, 0.25) is 0 Å². The van der Waals surface area contributed by atoms with Crippen molar-refractivity contribution in [3.63, 3.8) is 0 Å². The average Bonchev–Trinajstić information content (AvgIpc) is 2.29. The zero-order valence-corrected chi connectivity index (χ0v) is 11.2. The van der Waals surface area contributed by atoms with Crippen molar-refractivity contribution in [3.8, 4) is 0 Å². The number of rotatable bonds is 8. The van der Waals surface area contributed by atoms with Crippen LogP contribution in [0.1, 0.15) is 26.2 Å². The first-order chi connectivity index (χ1) is 8.06. The normalized spacial score (nSPS) is 10.8. The number of ether oxygens (including phenoxy) is 2. The van der Waals surface area contributed by atoms with Gasteiger partial charge in [0.1, 0.15) is 11.4 Å². The summed E-state index contributed by atoms with van der Waals surface area (Å²) in [5.74, 6) is -1.24. The van der Waals surface area contributed by atoms with Gasteiger partial charge in [-0.25, -0.2) is 9.59 Å². The molecule has 0 unspecified atom stereocenters. The van der Waals surface area contributed by atoms with Crippen LogP contribution in [0.15, 0.2) is 12.2 Å². The van der Waals surface area contributed by atoms with Crippen LogP contribution in [0.25, 0.3) is 0 Å². The minimum Gasteiger partial charge on any atom is -0.463 e. The Balaban J connectivity index is 3.67. The summed E-state index contributed by atoms with van der Waals surface area (Å²) in [5, 5.41) is 0. The Bertz CT molecular complexity index is 264. The molecule has 0 spiro atoms. The number of alkyl halides is 2. The SMILES string of the molecule is CCCCCOC(=O)/C=C/C(=O)OCC(Cl)Cl. The topological polar surface area (TPSA) is 52.6 Å². The number of carbonyl (C=O) groups excluding carboxylic acids is 2. The highest BCUT2D eigenvalue weighted by Gasteiger charge is 2.04. The molecule has 0 aromatic rings. The summed E-state index contributed by atoms with van der Waals surface area (Å²) in [4.78, 5) is 21.3. The molecule has 0 aliphatic carbocycles. The van der Waals surface area contributed by atoms with Gasteiger partial charge in [-0.1, -0.05) is 19.8 Å². The van der Waals surface area contributed by atoms with Gasteiger partial charge in [-0.2, -0.15) is 0 Å². The van der Waals surface area contributed by atoms with Gasteiger partial charge in [0.15, 0.2) is 0 Å². The lowest BCUT2D eigenvalue weighted by atomic mass is 10.3. The fourth-order valence-corrected chi connectivity index (χ4v) is 1.03. The molecule has 0 aliphatic rings. The van der Waals surface area contributed by atoms with E-state index in [1.807, 2.05) is 0 Å². The highest BCUT2D eigenvalue weighted by atomic mass is 35.5. The third-order valence-electron chi connectivity index (χ3n) is 1.70. The van der Waals surface area contributed by atoms with E-state index >= 15 is 0 Å². The maximum Gasteiger partial charge on any atom is 0.331 e. The number of unbranched alkanes of at least 4 members (excludes halogenated alkanes) is 2. The predicted molar refractivity (Wildman–Crippen MR) is 66.1 cm³/mol. The van der Waals surface area contributed by atoms with Gasteiger partial charge in [-0.05, 0) is 6.42 Å². The Labute approximate surface area is 111 Å². The first-order valence-electron chi connectivity index (χ1n) is 5.36. The van der Waals surface area contributed by atoms with E-state index < -0.39 is 16.8 Å². The van der Waals surface area contributed by atoms with Crippen LogP contribution in [0.4, 0.5) is 0 Å². The highest BCUT2D eigenvalue weighted by molar-refractivity contribution is 6.44. The lowest BCUT2D eigenvalue weighted by molar-refractivity contribution is -0.140. The number of esters is 2. The van der Waals surface area contributed by atoms with Crippen LogP contribution in [-0.2, 0) is 19.1 Å². The minimum absolute atomic E-state index is 0.113. The zero-order valence-electron chi connectivity index (χ0n) is 9.66. The Morgan fingerprint density at radius 2 is 1.71 bits per heavy atom. The van der Waals surface area contributed by atoms with Gasteiger partial charge >= 0.3 is 11.9 Å². The summed E-state index contributed by atoms with van der Waals surface area (Å²) in [6.07, 6.45) is 4.88. The van der Waals surface area contributed by atoms with Crippen molar-refractivity contribution in [2.24, 2.45) is 0 Å². The van der Waals surface area contributed by atoms with Crippen LogP contribution in [-0.4, -0.2) is 30.0 Å². The van der Waals surface area contributed by atoms with Gasteiger partial charge in [-0.15, -0.1) is 23.2 Å². The molecule has 0 aliphatic heterocycles. The summed E-state index contributed by atoms with van der Waals surface area (Å²) < 4.78 is 9.43. The number of hydrogen-bond donors (Lipinski definition) is 0. The fourth-order valence-electron chi connectivity index (χ4n) is 0.902. The second-order valence-electron chi connectivity index (χ2n) is 3.23. The Hall–Kier alpha value is -0.740. The van der Waals surface area contributed by atoms with Crippen molar-refractivity contribution in [2.45, 2.75) is 31.0 Å². The molecule has 0 saturated carbocycles. The third kappa shape index (κ3) is 11.5. The summed E-state index contributed by atoms with van der Waals surface area (Å²) in [5.41, 5.74) is 0. The van der Waals surface area contributed by atoms with Gasteiger partial charge in [0.05, 0.1) is 6.61 Å². The summed E-state index contributed by atoms with van der Waals surface area (Å²) in [7, 11) is 0. The summed E-state index contributed by atoms with van der Waals surface area (Å²) in [6.45, 7) is 2.30. The molecule has 4 nitrogen and oxygen atoms in total. The summed E-state index contributed by atoms with van der Waals surface area (Å²) >= 11 is 10.7. The van der Waals surface area contributed by atoms with E-state index in [-0.39, 0.29) is 6.61 Å². The fraction of sp³-hybridized carbons (Fsp3) is 0.636. The molecule has 0 atom stereocenters. The number of carbonyl (C=O) groups is 2. The molecule has 0 amide bonds. The zero-order chi connectivity index (χ0) is 13.1. The Morgan fingerprint density at radius 1 is 1.12 bits per heavy atom. The van der Waals surface area contributed by atoms with E-state index in [0.29, 0.717) is 6.61 Å². The molecule has 0 N–H and O–H groups in total. The molecule has 0 bridgehead atoms. The van der Waals surface area contributed by atoms with E-state index in [0.717, 1.165) is 31.4 Å². The largest absolute Gasteiger partial charge is 0.463 e. The molecular formula is C11H16Cl2O4. The van der Waals surface area contributed by atoms with Crippen molar-refractivity contribution in [3.05, 3.63) is 12.2 Å². The van der Waals surface area contributed by atoms with Crippen LogP contribution in [0.2, 0.25) is 0 Å². The lowest BCUT2D eigenvalue weighted by Crippen LogP contribution is -2.09. The van der Waals surface area contributed by atoms with Gasteiger partial charge in [0.25, 0.3) is 0 Å². The number of hydrogen-bond acceptors (Lipinski definition) is 4. The van der Waals surface area contributed by atoms with Gasteiger partial charge in [0, 0.05) is 12.2 Å². The third-order valence-corrected chi connectivity index (χ3v) is 1.95. The molecule has 0 aromatic carbocycles. The highest BCUT2D eigenvalue weighted by Crippen LogP contribution is 2.01. The maximum absolute atomic E-state index is 11.1. The van der Waals surface area contributed by atoms with Gasteiger partial charge in [-0.3, -0.25) is 0 Å². The van der Waals surface area contributed by atoms with Crippen molar-refractivity contribution >= 4 is 35.1 Å². The van der Waals surface area contributed by atoms with Gasteiger partial charge < -0.3 is 9.47 Å². The Morgan fingerprint density at radius 3 is 2.24 bits per heavy atom. The molecule has 17 heavy (non-hydrogen) atoms.